The molecule has 1 fully saturated rings. The summed E-state index contributed by atoms with van der Waals surface area (Å²) in [6.45, 7) is 7.07. The number of benzene rings is 1. The molecule has 2 aliphatic rings. The van der Waals surface area contributed by atoms with Gasteiger partial charge >= 0.3 is 12.1 Å². The fourth-order valence-corrected chi connectivity index (χ4v) is 5.57. The van der Waals surface area contributed by atoms with E-state index in [1.807, 2.05) is 4.90 Å². The van der Waals surface area contributed by atoms with Crippen LogP contribution in [0.15, 0.2) is 42.9 Å². The van der Waals surface area contributed by atoms with Gasteiger partial charge in [0.15, 0.2) is 11.5 Å². The molecule has 5 heterocycles. The third-order valence-corrected chi connectivity index (χ3v) is 7.80. The van der Waals surface area contributed by atoms with Crippen LogP contribution in [0, 0.1) is 11.2 Å². The number of carbonyl (C=O) groups excluding carboxylic acids is 1. The maximum Gasteiger partial charge on any atom is 0.453 e. The Kier molecular flexibility index (Phi) is 6.07. The van der Waals surface area contributed by atoms with Gasteiger partial charge in [0.2, 0.25) is 5.91 Å². The molecule has 0 aliphatic carbocycles. The van der Waals surface area contributed by atoms with Crippen LogP contribution in [0.25, 0.3) is 17.2 Å². The molecule has 1 aromatic carbocycles. The highest BCUT2D eigenvalue weighted by molar-refractivity contribution is 6.09. The van der Waals surface area contributed by atoms with Crippen LogP contribution in [0.4, 0.5) is 38.0 Å². The number of nitrogens with one attached hydrogen (secondary N) is 1. The first-order valence-corrected chi connectivity index (χ1v) is 13.1. The van der Waals surface area contributed by atoms with Crippen molar-refractivity contribution in [3.63, 3.8) is 0 Å². The van der Waals surface area contributed by atoms with E-state index >= 15 is 0 Å². The van der Waals surface area contributed by atoms with E-state index in [2.05, 4.69) is 34.1 Å². The number of aromatic nitrogens is 5. The van der Waals surface area contributed by atoms with Crippen molar-refractivity contribution in [2.24, 2.45) is 5.41 Å². The number of aryl methyl sites for hydroxylation is 1. The molecular formula is C28H25F6N7O. The van der Waals surface area contributed by atoms with Gasteiger partial charge in [0, 0.05) is 38.1 Å². The Labute approximate surface area is 235 Å². The average molecular weight is 590 g/mol. The normalized spacial score (nSPS) is 20.0. The van der Waals surface area contributed by atoms with Gasteiger partial charge in [-0.2, -0.15) is 22.0 Å². The molecule has 14 heteroatoms. The zero-order valence-corrected chi connectivity index (χ0v) is 22.7. The quantitative estimate of drug-likeness (QED) is 0.297. The SMILES string of the molecule is CC1(C)CN(c2nc(-c3cn4ccnc4c(CCC(F)(F)C(F)(F)F)n3)nc3c2C(C)(c2ccc(F)cc2)C(=O)N3)C1. The summed E-state index contributed by atoms with van der Waals surface area (Å²) in [7, 11) is 0. The molecule has 42 heavy (non-hydrogen) atoms. The van der Waals surface area contributed by atoms with Gasteiger partial charge in [-0.1, -0.05) is 26.0 Å². The Morgan fingerprint density at radius 3 is 2.33 bits per heavy atom. The Morgan fingerprint density at radius 2 is 1.69 bits per heavy atom. The van der Waals surface area contributed by atoms with Gasteiger partial charge in [0.05, 0.1) is 11.3 Å². The van der Waals surface area contributed by atoms with Crippen molar-refractivity contribution < 1.29 is 31.1 Å². The third kappa shape index (κ3) is 4.43. The number of nitrogens with zero attached hydrogens (tertiary/aromatic N) is 6. The van der Waals surface area contributed by atoms with E-state index in [1.165, 1.54) is 47.3 Å². The maximum absolute atomic E-state index is 13.8. The highest BCUT2D eigenvalue weighted by Gasteiger charge is 2.56. The number of rotatable bonds is 6. The Bertz CT molecular complexity index is 1710. The zero-order valence-electron chi connectivity index (χ0n) is 22.7. The number of amides is 1. The number of alkyl halides is 5. The smallest absolute Gasteiger partial charge is 0.355 e. The number of halogens is 6. The molecule has 0 bridgehead atoms. The lowest BCUT2D eigenvalue weighted by Gasteiger charge is -2.47. The summed E-state index contributed by atoms with van der Waals surface area (Å²) in [5.41, 5.74) is -0.135. The minimum atomic E-state index is -5.70. The number of fused-ring (bicyclic) bond motifs is 2. The molecule has 3 aromatic heterocycles. The van der Waals surface area contributed by atoms with Gasteiger partial charge in [-0.3, -0.25) is 4.79 Å². The predicted molar refractivity (Wildman–Crippen MR) is 141 cm³/mol. The Balaban J connectivity index is 1.48. The molecule has 0 spiro atoms. The van der Waals surface area contributed by atoms with Crippen LogP contribution in [0.2, 0.25) is 0 Å². The van der Waals surface area contributed by atoms with E-state index in [4.69, 9.17) is 4.98 Å². The molecule has 6 rings (SSSR count). The fraction of sp³-hybridized carbons (Fsp3) is 0.393. The van der Waals surface area contributed by atoms with E-state index in [9.17, 15) is 31.1 Å². The molecule has 1 amide bonds. The summed E-state index contributed by atoms with van der Waals surface area (Å²) in [6, 6.07) is 5.59. The molecule has 220 valence electrons. The maximum atomic E-state index is 13.8. The van der Waals surface area contributed by atoms with Crippen LogP contribution in [0.3, 0.4) is 0 Å². The Hall–Kier alpha value is -4.23. The van der Waals surface area contributed by atoms with Crippen molar-refractivity contribution in [1.82, 2.24) is 24.3 Å². The van der Waals surface area contributed by atoms with Crippen molar-refractivity contribution in [1.29, 1.82) is 0 Å². The van der Waals surface area contributed by atoms with Crippen molar-refractivity contribution in [3.05, 3.63) is 65.5 Å². The summed E-state index contributed by atoms with van der Waals surface area (Å²) in [6.07, 6.45) is -3.55. The molecular weight excluding hydrogens is 564 g/mol. The van der Waals surface area contributed by atoms with Gasteiger partial charge < -0.3 is 14.6 Å². The van der Waals surface area contributed by atoms with Gasteiger partial charge in [0.25, 0.3) is 0 Å². The van der Waals surface area contributed by atoms with E-state index < -0.39 is 42.1 Å². The number of hydrogen-bond acceptors (Lipinski definition) is 6. The summed E-state index contributed by atoms with van der Waals surface area (Å²) >= 11 is 0. The van der Waals surface area contributed by atoms with Gasteiger partial charge in [0.1, 0.15) is 28.6 Å². The summed E-state index contributed by atoms with van der Waals surface area (Å²) in [4.78, 5) is 33.2. The van der Waals surface area contributed by atoms with Crippen molar-refractivity contribution in [2.75, 3.05) is 23.3 Å². The molecule has 1 saturated heterocycles. The Morgan fingerprint density at radius 1 is 1.00 bits per heavy atom. The minimum absolute atomic E-state index is 0.0365. The monoisotopic (exact) mass is 589 g/mol. The van der Waals surface area contributed by atoms with E-state index in [0.29, 0.717) is 30.0 Å². The molecule has 1 unspecified atom stereocenters. The minimum Gasteiger partial charge on any atom is -0.355 e. The summed E-state index contributed by atoms with van der Waals surface area (Å²) in [5, 5.41) is 2.80. The first-order valence-electron chi connectivity index (χ1n) is 13.1. The van der Waals surface area contributed by atoms with Crippen LogP contribution in [-0.4, -0.2) is 55.4 Å². The second-order valence-electron chi connectivity index (χ2n) is 11.6. The second kappa shape index (κ2) is 9.13. The van der Waals surface area contributed by atoms with Crippen molar-refractivity contribution in [3.8, 4) is 11.5 Å². The number of imidazole rings is 1. The first kappa shape index (κ1) is 27.9. The zero-order chi connectivity index (χ0) is 30.2. The van der Waals surface area contributed by atoms with E-state index in [1.54, 1.807) is 6.92 Å². The standard InChI is InChI=1S/C28H25F6N7O/c1-25(2)13-41(14-25)23-19-21(39-24(42)26(19,3)15-4-6-16(29)7-5-15)37-20(38-23)18-12-40-11-10-35-22(40)17(36-18)8-9-27(30,31)28(32,33)34/h4-7,10-12H,8-9,13-14H2,1-3H3,(H,37,38,39,42). The average Bonchev–Trinajstić information content (AvgIpc) is 3.47. The summed E-state index contributed by atoms with van der Waals surface area (Å²) in [5.74, 6) is -5.08. The molecule has 8 nitrogen and oxygen atoms in total. The number of carbonyl (C=O) groups is 1. The molecule has 0 radical (unpaired) electrons. The first-order chi connectivity index (χ1) is 19.6. The molecule has 1 N–H and O–H groups in total. The van der Waals surface area contributed by atoms with Crippen LogP contribution in [-0.2, 0) is 16.6 Å². The van der Waals surface area contributed by atoms with Crippen LogP contribution in [0.5, 0.6) is 0 Å². The molecule has 2 aliphatic heterocycles. The summed E-state index contributed by atoms with van der Waals surface area (Å²) < 4.78 is 81.3. The molecule has 4 aromatic rings. The van der Waals surface area contributed by atoms with E-state index in [-0.39, 0.29) is 34.1 Å². The largest absolute Gasteiger partial charge is 0.453 e. The van der Waals surface area contributed by atoms with Gasteiger partial charge in [-0.05, 0) is 36.5 Å². The van der Waals surface area contributed by atoms with E-state index in [0.717, 1.165) is 0 Å². The lowest BCUT2D eigenvalue weighted by molar-refractivity contribution is -0.284. The van der Waals surface area contributed by atoms with Gasteiger partial charge in [-0.15, -0.1) is 0 Å². The number of anilines is 2. The lowest BCUT2D eigenvalue weighted by atomic mass is 9.76. The lowest BCUT2D eigenvalue weighted by Crippen LogP contribution is -2.54. The molecule has 1 atom stereocenters. The highest BCUT2D eigenvalue weighted by Crippen LogP contribution is 2.49. The van der Waals surface area contributed by atoms with Crippen molar-refractivity contribution >= 4 is 23.2 Å². The van der Waals surface area contributed by atoms with Gasteiger partial charge in [-0.25, -0.2) is 24.3 Å². The molecule has 0 saturated carbocycles. The van der Waals surface area contributed by atoms with Crippen molar-refractivity contribution in [2.45, 2.75) is 51.1 Å². The third-order valence-electron chi connectivity index (χ3n) is 7.80. The second-order valence-corrected chi connectivity index (χ2v) is 11.6. The predicted octanol–water partition coefficient (Wildman–Crippen LogP) is 5.56. The topological polar surface area (TPSA) is 88.3 Å². The fourth-order valence-electron chi connectivity index (χ4n) is 5.57. The van der Waals surface area contributed by atoms with Crippen LogP contribution >= 0.6 is 0 Å². The van der Waals surface area contributed by atoms with Crippen LogP contribution < -0.4 is 10.2 Å². The number of hydrogen-bond donors (Lipinski definition) is 1. The van der Waals surface area contributed by atoms with Crippen LogP contribution in [0.1, 0.15) is 44.0 Å². The highest BCUT2D eigenvalue weighted by atomic mass is 19.4.